The van der Waals surface area contributed by atoms with E-state index in [9.17, 15) is 4.39 Å². The van der Waals surface area contributed by atoms with Crippen molar-refractivity contribution in [1.82, 2.24) is 0 Å². The van der Waals surface area contributed by atoms with Crippen molar-refractivity contribution in [2.75, 3.05) is 11.4 Å². The van der Waals surface area contributed by atoms with Gasteiger partial charge in [0.25, 0.3) is 0 Å². The summed E-state index contributed by atoms with van der Waals surface area (Å²) >= 11 is 4.89. The van der Waals surface area contributed by atoms with E-state index >= 15 is 0 Å². The van der Waals surface area contributed by atoms with Gasteiger partial charge in [-0.15, -0.1) is 0 Å². The molecule has 0 saturated heterocycles. The third-order valence-corrected chi connectivity index (χ3v) is 3.56. The lowest BCUT2D eigenvalue weighted by Gasteiger charge is -2.25. The minimum Gasteiger partial charge on any atom is -0.389 e. The number of hydrogen-bond donors (Lipinski definition) is 1. The van der Waals surface area contributed by atoms with Crippen molar-refractivity contribution in [3.8, 4) is 0 Å². The van der Waals surface area contributed by atoms with Gasteiger partial charge in [-0.2, -0.15) is 0 Å². The molecule has 0 fully saturated rings. The first-order valence-corrected chi connectivity index (χ1v) is 7.46. The van der Waals surface area contributed by atoms with Crippen molar-refractivity contribution in [1.29, 1.82) is 0 Å². The third kappa shape index (κ3) is 3.79. The number of unbranched alkanes of at least 4 members (excludes halogenated alkanes) is 1. The van der Waals surface area contributed by atoms with Crippen molar-refractivity contribution in [2.24, 2.45) is 5.73 Å². The maximum absolute atomic E-state index is 14.4. The van der Waals surface area contributed by atoms with Gasteiger partial charge in [0.2, 0.25) is 0 Å². The summed E-state index contributed by atoms with van der Waals surface area (Å²) in [6.45, 7) is 2.89. The molecule has 0 atom stereocenters. The minimum absolute atomic E-state index is 0.209. The number of nitrogens with two attached hydrogens (primary N) is 1. The van der Waals surface area contributed by atoms with Gasteiger partial charge in [0.1, 0.15) is 10.8 Å². The molecule has 2 nitrogen and oxygen atoms in total. The summed E-state index contributed by atoms with van der Waals surface area (Å²) in [6.07, 6.45) is 2.04. The molecule has 0 spiro atoms. The molecule has 2 N–H and O–H groups in total. The van der Waals surface area contributed by atoms with Crippen LogP contribution in [0.3, 0.4) is 0 Å². The van der Waals surface area contributed by atoms with Gasteiger partial charge in [-0.3, -0.25) is 0 Å². The molecule has 0 heterocycles. The summed E-state index contributed by atoms with van der Waals surface area (Å²) in [5.41, 5.74) is 7.63. The van der Waals surface area contributed by atoms with Gasteiger partial charge < -0.3 is 10.6 Å². The Labute approximate surface area is 130 Å². The van der Waals surface area contributed by atoms with Gasteiger partial charge in [0, 0.05) is 17.8 Å². The summed E-state index contributed by atoms with van der Waals surface area (Å²) in [6, 6.07) is 14.7. The fourth-order valence-electron chi connectivity index (χ4n) is 2.19. The van der Waals surface area contributed by atoms with Crippen molar-refractivity contribution in [2.45, 2.75) is 19.8 Å². The van der Waals surface area contributed by atoms with Crippen LogP contribution in [0.15, 0.2) is 48.5 Å². The molecule has 2 aromatic rings. The van der Waals surface area contributed by atoms with Crippen molar-refractivity contribution in [3.63, 3.8) is 0 Å². The van der Waals surface area contributed by atoms with E-state index in [1.54, 1.807) is 12.1 Å². The molecule has 2 aromatic carbocycles. The second-order valence-corrected chi connectivity index (χ2v) is 5.31. The lowest BCUT2D eigenvalue weighted by Crippen LogP contribution is -2.20. The Kier molecular flexibility index (Phi) is 5.28. The van der Waals surface area contributed by atoms with E-state index in [1.165, 1.54) is 6.07 Å². The monoisotopic (exact) mass is 302 g/mol. The van der Waals surface area contributed by atoms with Gasteiger partial charge >= 0.3 is 0 Å². The van der Waals surface area contributed by atoms with Gasteiger partial charge in [-0.25, -0.2) is 4.39 Å². The SMILES string of the molecule is CCCCN(c1ccccc1)c1ccc(C(N)=S)cc1F. The molecular weight excluding hydrogens is 283 g/mol. The van der Waals surface area contributed by atoms with E-state index in [2.05, 4.69) is 6.92 Å². The maximum atomic E-state index is 14.4. The minimum atomic E-state index is -0.305. The number of para-hydroxylation sites is 1. The largest absolute Gasteiger partial charge is 0.389 e. The molecule has 0 radical (unpaired) electrons. The molecular formula is C17H19FN2S. The first-order chi connectivity index (χ1) is 10.1. The molecule has 21 heavy (non-hydrogen) atoms. The molecule has 0 aromatic heterocycles. The predicted octanol–water partition coefficient (Wildman–Crippen LogP) is 4.40. The molecule has 0 bridgehead atoms. The summed E-state index contributed by atoms with van der Waals surface area (Å²) < 4.78 is 14.4. The van der Waals surface area contributed by atoms with Crippen molar-refractivity contribution >= 4 is 28.6 Å². The summed E-state index contributed by atoms with van der Waals surface area (Å²) in [4.78, 5) is 2.20. The number of hydrogen-bond acceptors (Lipinski definition) is 2. The highest BCUT2D eigenvalue weighted by Crippen LogP contribution is 2.28. The average Bonchev–Trinajstić information content (AvgIpc) is 2.50. The summed E-state index contributed by atoms with van der Waals surface area (Å²) in [5, 5.41) is 0. The number of benzene rings is 2. The zero-order chi connectivity index (χ0) is 15.2. The molecule has 0 amide bonds. The Morgan fingerprint density at radius 1 is 1.19 bits per heavy atom. The van der Waals surface area contributed by atoms with Gasteiger partial charge in [0.15, 0.2) is 0 Å². The van der Waals surface area contributed by atoms with Crippen LogP contribution >= 0.6 is 12.2 Å². The Morgan fingerprint density at radius 3 is 2.48 bits per heavy atom. The smallest absolute Gasteiger partial charge is 0.147 e. The lowest BCUT2D eigenvalue weighted by atomic mass is 10.1. The predicted molar refractivity (Wildman–Crippen MR) is 90.6 cm³/mol. The fraction of sp³-hybridized carbons (Fsp3) is 0.235. The Morgan fingerprint density at radius 2 is 1.90 bits per heavy atom. The molecule has 0 aliphatic rings. The van der Waals surface area contributed by atoms with Gasteiger partial charge in [-0.05, 0) is 36.8 Å². The highest BCUT2D eigenvalue weighted by atomic mass is 32.1. The topological polar surface area (TPSA) is 29.3 Å². The third-order valence-electron chi connectivity index (χ3n) is 3.33. The van der Waals surface area contributed by atoms with Crippen LogP contribution < -0.4 is 10.6 Å². The van der Waals surface area contributed by atoms with E-state index in [0.717, 1.165) is 25.1 Å². The van der Waals surface area contributed by atoms with E-state index in [4.69, 9.17) is 18.0 Å². The molecule has 0 unspecified atom stereocenters. The lowest BCUT2D eigenvalue weighted by molar-refractivity contribution is 0.622. The second-order valence-electron chi connectivity index (χ2n) is 4.87. The molecule has 0 aliphatic heterocycles. The number of nitrogens with zero attached hydrogens (tertiary/aromatic N) is 1. The summed E-state index contributed by atoms with van der Waals surface area (Å²) in [7, 11) is 0. The molecule has 2 rings (SSSR count). The van der Waals surface area contributed by atoms with Crippen molar-refractivity contribution in [3.05, 3.63) is 59.9 Å². The van der Waals surface area contributed by atoms with Gasteiger partial charge in [0.05, 0.1) is 5.69 Å². The number of anilines is 2. The van der Waals surface area contributed by atoms with Crippen LogP contribution in [-0.2, 0) is 0 Å². The fourth-order valence-corrected chi connectivity index (χ4v) is 2.32. The van der Waals surface area contributed by atoms with Crippen LogP contribution in [0.2, 0.25) is 0 Å². The zero-order valence-electron chi connectivity index (χ0n) is 12.1. The van der Waals surface area contributed by atoms with E-state index in [1.807, 2.05) is 35.2 Å². The zero-order valence-corrected chi connectivity index (χ0v) is 12.9. The molecule has 0 aliphatic carbocycles. The van der Waals surface area contributed by atoms with Crippen LogP contribution in [-0.4, -0.2) is 11.5 Å². The Balaban J connectivity index is 2.39. The normalized spacial score (nSPS) is 10.4. The van der Waals surface area contributed by atoms with Crippen LogP contribution in [0.4, 0.5) is 15.8 Å². The number of halogens is 1. The average molecular weight is 302 g/mol. The second kappa shape index (κ2) is 7.18. The van der Waals surface area contributed by atoms with Crippen LogP contribution in [0.5, 0.6) is 0 Å². The summed E-state index contributed by atoms with van der Waals surface area (Å²) in [5.74, 6) is -0.305. The Bertz CT molecular complexity index is 613. The van der Waals surface area contributed by atoms with Crippen LogP contribution in [0, 0.1) is 5.82 Å². The molecule has 0 saturated carbocycles. The first-order valence-electron chi connectivity index (χ1n) is 7.05. The quantitative estimate of drug-likeness (QED) is 0.802. The van der Waals surface area contributed by atoms with Gasteiger partial charge in [-0.1, -0.05) is 43.8 Å². The highest BCUT2D eigenvalue weighted by molar-refractivity contribution is 7.80. The van der Waals surface area contributed by atoms with E-state index < -0.39 is 0 Å². The Hall–Kier alpha value is -1.94. The van der Waals surface area contributed by atoms with E-state index in [0.29, 0.717) is 11.3 Å². The number of thiocarbonyl (C=S) groups is 1. The molecule has 110 valence electrons. The number of rotatable bonds is 6. The van der Waals surface area contributed by atoms with Crippen molar-refractivity contribution < 1.29 is 4.39 Å². The van der Waals surface area contributed by atoms with E-state index in [-0.39, 0.29) is 10.8 Å². The molecule has 4 heteroatoms. The van der Waals surface area contributed by atoms with Crippen LogP contribution in [0.25, 0.3) is 0 Å². The highest BCUT2D eigenvalue weighted by Gasteiger charge is 2.14. The first kappa shape index (κ1) is 15.4. The van der Waals surface area contributed by atoms with Crippen LogP contribution in [0.1, 0.15) is 25.3 Å². The maximum Gasteiger partial charge on any atom is 0.147 e. The standard InChI is InChI=1S/C17H19FN2S/c1-2-3-11-20(14-7-5-4-6-8-14)16-10-9-13(17(19)21)12-15(16)18/h4-10,12H,2-3,11H2,1H3,(H2,19,21).